The Balaban J connectivity index is 2.54. The number of hydrogen-bond acceptors (Lipinski definition) is 3. The molecule has 6 heteroatoms. The fraction of sp³-hybridized carbons (Fsp3) is 0.0714. The molecule has 2 heterocycles. The molecule has 0 spiro atoms. The normalized spacial score (nSPS) is 12.1. The van der Waals surface area contributed by atoms with Crippen molar-refractivity contribution in [1.29, 1.82) is 0 Å². The van der Waals surface area contributed by atoms with E-state index in [1.165, 1.54) is 18.3 Å². The van der Waals surface area contributed by atoms with Gasteiger partial charge in [-0.15, -0.1) is 0 Å². The highest BCUT2D eigenvalue weighted by Gasteiger charge is 2.18. The Hall–Kier alpha value is -2.34. The van der Waals surface area contributed by atoms with Gasteiger partial charge in [-0.2, -0.15) is 0 Å². The third kappa shape index (κ3) is 1.77. The fourth-order valence-electron chi connectivity index (χ4n) is 2.36. The van der Waals surface area contributed by atoms with Crippen LogP contribution in [0, 0.1) is 0 Å². The second kappa shape index (κ2) is 4.08. The molecule has 0 saturated heterocycles. The molecule has 0 unspecified atom stereocenters. The maximum absolute atomic E-state index is 11.6. The van der Waals surface area contributed by atoms with Gasteiger partial charge in [0.1, 0.15) is 0 Å². The predicted molar refractivity (Wildman–Crippen MR) is 75.0 cm³/mol. The van der Waals surface area contributed by atoms with Crippen LogP contribution >= 0.6 is 0 Å². The lowest BCUT2D eigenvalue weighted by molar-refractivity contribution is 0.0701. The summed E-state index contributed by atoms with van der Waals surface area (Å²) < 4.78 is 24.9. The minimum Gasteiger partial charge on any atom is -0.478 e. The van der Waals surface area contributed by atoms with Crippen molar-refractivity contribution in [3.05, 3.63) is 48.2 Å². The van der Waals surface area contributed by atoms with Crippen molar-refractivity contribution < 1.29 is 18.3 Å². The quantitative estimate of drug-likeness (QED) is 0.784. The number of fused-ring (bicyclic) bond motifs is 3. The molecule has 0 aliphatic carbocycles. The Morgan fingerprint density at radius 2 is 1.80 bits per heavy atom. The van der Waals surface area contributed by atoms with Gasteiger partial charge >= 0.3 is 5.97 Å². The average Bonchev–Trinajstić information content (AvgIpc) is 2.71. The molecule has 1 N–H and O–H groups in total. The summed E-state index contributed by atoms with van der Waals surface area (Å²) in [6, 6.07) is 9.97. The van der Waals surface area contributed by atoms with Gasteiger partial charge in [0.25, 0.3) is 0 Å². The van der Waals surface area contributed by atoms with Gasteiger partial charge in [-0.3, -0.25) is 0 Å². The summed E-state index contributed by atoms with van der Waals surface area (Å²) in [5.41, 5.74) is 1.33. The summed E-state index contributed by atoms with van der Waals surface area (Å²) in [4.78, 5) is 11.6. The Morgan fingerprint density at radius 1 is 1.10 bits per heavy atom. The van der Waals surface area contributed by atoms with E-state index in [0.717, 1.165) is 6.26 Å². The minimum absolute atomic E-state index is 0.155. The van der Waals surface area contributed by atoms with E-state index in [1.54, 1.807) is 28.7 Å². The molecule has 0 bridgehead atoms. The first-order valence-corrected chi connectivity index (χ1v) is 7.75. The smallest absolute Gasteiger partial charge is 0.338 e. The summed E-state index contributed by atoms with van der Waals surface area (Å²) in [6.07, 6.45) is 2.58. The molecule has 3 aromatic rings. The third-order valence-electron chi connectivity index (χ3n) is 3.25. The van der Waals surface area contributed by atoms with Gasteiger partial charge in [-0.25, -0.2) is 13.2 Å². The van der Waals surface area contributed by atoms with Gasteiger partial charge in [-0.1, -0.05) is 18.2 Å². The largest absolute Gasteiger partial charge is 0.478 e. The molecule has 3 rings (SSSR count). The zero-order valence-corrected chi connectivity index (χ0v) is 11.4. The molecule has 20 heavy (non-hydrogen) atoms. The number of carboxylic acid groups (broad SMARTS) is 1. The summed E-state index contributed by atoms with van der Waals surface area (Å²) in [5.74, 6) is -1.03. The van der Waals surface area contributed by atoms with Crippen LogP contribution in [-0.4, -0.2) is 30.2 Å². The van der Waals surface area contributed by atoms with Gasteiger partial charge in [0.15, 0.2) is 9.84 Å². The van der Waals surface area contributed by atoms with Gasteiger partial charge in [-0.05, 0) is 18.2 Å². The van der Waals surface area contributed by atoms with E-state index in [9.17, 15) is 18.3 Å². The lowest BCUT2D eigenvalue weighted by Gasteiger charge is -2.02. The van der Waals surface area contributed by atoms with Crippen LogP contribution in [-0.2, 0) is 9.84 Å². The Kier molecular flexibility index (Phi) is 2.58. The Labute approximate surface area is 115 Å². The average molecular weight is 289 g/mol. The number of pyridine rings is 1. The summed E-state index contributed by atoms with van der Waals surface area (Å²) in [5, 5.41) is 9.96. The third-order valence-corrected chi connectivity index (χ3v) is 4.35. The zero-order valence-electron chi connectivity index (χ0n) is 10.6. The molecule has 0 fully saturated rings. The molecule has 5 nitrogen and oxygen atoms in total. The first kappa shape index (κ1) is 12.7. The van der Waals surface area contributed by atoms with Crippen LogP contribution in [0.1, 0.15) is 10.4 Å². The van der Waals surface area contributed by atoms with Crippen molar-refractivity contribution in [2.75, 3.05) is 6.26 Å². The number of aromatic carboxylic acids is 1. The molecular formula is C14H11NO4S. The minimum atomic E-state index is -3.34. The number of aromatic nitrogens is 1. The highest BCUT2D eigenvalue weighted by atomic mass is 32.2. The number of nitrogens with zero attached hydrogens (tertiary/aromatic N) is 1. The standard InChI is InChI=1S/C14H11NO4S/c1-20(18,19)9-6-7-12-13(14(16)17)10-4-2-3-5-11(10)15(12)8-9/h2-8H,1H3,(H,16,17). The molecule has 1 aromatic carbocycles. The van der Waals surface area contributed by atoms with E-state index < -0.39 is 15.8 Å². The van der Waals surface area contributed by atoms with Crippen LogP contribution in [0.25, 0.3) is 16.4 Å². The Bertz CT molecular complexity index is 954. The molecule has 0 saturated carbocycles. The molecule has 2 aromatic heterocycles. The number of benzene rings is 1. The van der Waals surface area contributed by atoms with Gasteiger partial charge < -0.3 is 9.51 Å². The summed E-state index contributed by atoms with van der Waals surface area (Å²) in [7, 11) is -3.34. The van der Waals surface area contributed by atoms with E-state index in [4.69, 9.17) is 0 Å². The van der Waals surface area contributed by atoms with Crippen LogP contribution in [0.5, 0.6) is 0 Å². The lowest BCUT2D eigenvalue weighted by Crippen LogP contribution is -2.00. The van der Waals surface area contributed by atoms with Crippen LogP contribution in [0.15, 0.2) is 47.5 Å². The molecule has 0 radical (unpaired) electrons. The number of rotatable bonds is 2. The topological polar surface area (TPSA) is 75.8 Å². The van der Waals surface area contributed by atoms with E-state index >= 15 is 0 Å². The molecule has 0 aliphatic heterocycles. The van der Waals surface area contributed by atoms with Crippen LogP contribution in [0.4, 0.5) is 0 Å². The van der Waals surface area contributed by atoms with E-state index in [0.29, 0.717) is 16.4 Å². The highest BCUT2D eigenvalue weighted by Crippen LogP contribution is 2.27. The summed E-state index contributed by atoms with van der Waals surface area (Å²) >= 11 is 0. The first-order valence-electron chi connectivity index (χ1n) is 5.86. The van der Waals surface area contributed by atoms with Crippen molar-refractivity contribution in [3.63, 3.8) is 0 Å². The maximum Gasteiger partial charge on any atom is 0.338 e. The van der Waals surface area contributed by atoms with Gasteiger partial charge in [0, 0.05) is 17.8 Å². The second-order valence-corrected chi connectivity index (χ2v) is 6.61. The Morgan fingerprint density at radius 3 is 2.45 bits per heavy atom. The zero-order chi connectivity index (χ0) is 14.5. The number of carboxylic acids is 1. The number of hydrogen-bond donors (Lipinski definition) is 1. The lowest BCUT2D eigenvalue weighted by atomic mass is 10.1. The van der Waals surface area contributed by atoms with Crippen molar-refractivity contribution in [2.45, 2.75) is 4.90 Å². The SMILES string of the molecule is CS(=O)(=O)c1ccc2c(C(=O)O)c3ccccc3n2c1. The molecule has 0 aliphatic rings. The first-order chi connectivity index (χ1) is 9.39. The molecular weight excluding hydrogens is 278 g/mol. The molecule has 0 atom stereocenters. The fourth-order valence-corrected chi connectivity index (χ4v) is 2.97. The summed E-state index contributed by atoms with van der Waals surface area (Å²) in [6.45, 7) is 0. The van der Waals surface area contributed by atoms with Crippen LogP contribution in [0.2, 0.25) is 0 Å². The number of carbonyl (C=O) groups is 1. The molecule has 102 valence electrons. The van der Waals surface area contributed by atoms with E-state index in [2.05, 4.69) is 0 Å². The van der Waals surface area contributed by atoms with E-state index in [-0.39, 0.29) is 10.5 Å². The van der Waals surface area contributed by atoms with Crippen molar-refractivity contribution >= 4 is 32.2 Å². The van der Waals surface area contributed by atoms with Crippen molar-refractivity contribution in [3.8, 4) is 0 Å². The van der Waals surface area contributed by atoms with Crippen LogP contribution < -0.4 is 0 Å². The van der Waals surface area contributed by atoms with Gasteiger partial charge in [0.05, 0.1) is 21.5 Å². The maximum atomic E-state index is 11.6. The monoisotopic (exact) mass is 289 g/mol. The predicted octanol–water partition coefficient (Wildman–Crippen LogP) is 2.19. The molecule has 0 amide bonds. The van der Waals surface area contributed by atoms with Crippen molar-refractivity contribution in [2.24, 2.45) is 0 Å². The van der Waals surface area contributed by atoms with Crippen LogP contribution in [0.3, 0.4) is 0 Å². The number of sulfone groups is 1. The number of para-hydroxylation sites is 1. The van der Waals surface area contributed by atoms with E-state index in [1.807, 2.05) is 0 Å². The second-order valence-electron chi connectivity index (χ2n) is 4.59. The van der Waals surface area contributed by atoms with Gasteiger partial charge in [0.2, 0.25) is 0 Å². The van der Waals surface area contributed by atoms with Crippen molar-refractivity contribution in [1.82, 2.24) is 4.40 Å². The highest BCUT2D eigenvalue weighted by molar-refractivity contribution is 7.90.